The highest BCUT2D eigenvalue weighted by molar-refractivity contribution is 4.96. The van der Waals surface area contributed by atoms with E-state index in [0.717, 1.165) is 0 Å². The highest BCUT2D eigenvalue weighted by atomic mass is 15.0. The number of terminal acetylenes is 1. The molecule has 1 aliphatic rings. The van der Waals surface area contributed by atoms with E-state index >= 15 is 0 Å². The second-order valence-electron chi connectivity index (χ2n) is 4.41. The predicted octanol–water partition coefficient (Wildman–Crippen LogP) is 1.89. The smallest absolute Gasteiger partial charge is 0.00226 e. The normalized spacial score (nSPS) is 20.9. The molecule has 0 amide bonds. The minimum absolute atomic E-state index is 0.470. The fourth-order valence-corrected chi connectivity index (χ4v) is 1.03. The first-order valence-electron chi connectivity index (χ1n) is 4.00. The monoisotopic (exact) mass is 153 g/mol. The van der Waals surface area contributed by atoms with E-state index in [0.29, 0.717) is 10.8 Å². The maximum absolute atomic E-state index is 4.00. The number of hydrogen-bond donors (Lipinski definition) is 1. The summed E-state index contributed by atoms with van der Waals surface area (Å²) < 4.78 is 0. The zero-order chi connectivity index (χ0) is 9.12. The standard InChI is InChI=1S/C8H17N.C2H2/c1-7(2,3)8(4)5-9-6-8;1-2/h9H,5-6H2,1-4H3;1-2H. The summed E-state index contributed by atoms with van der Waals surface area (Å²) in [4.78, 5) is 0. The van der Waals surface area contributed by atoms with Crippen molar-refractivity contribution in [2.75, 3.05) is 13.1 Å². The average molecular weight is 153 g/mol. The van der Waals surface area contributed by atoms with Crippen LogP contribution in [0.3, 0.4) is 0 Å². The van der Waals surface area contributed by atoms with Gasteiger partial charge in [0, 0.05) is 13.1 Å². The first kappa shape index (κ1) is 10.5. The molecule has 0 bridgehead atoms. The molecule has 0 aromatic heterocycles. The molecular formula is C10H19N. The van der Waals surface area contributed by atoms with E-state index in [1.807, 2.05) is 0 Å². The molecule has 0 aliphatic carbocycles. The average Bonchev–Trinajstić information content (AvgIpc) is 1.85. The van der Waals surface area contributed by atoms with E-state index in [1.54, 1.807) is 0 Å². The Balaban J connectivity index is 0.000000461. The lowest BCUT2D eigenvalue weighted by Gasteiger charge is -2.49. The van der Waals surface area contributed by atoms with Gasteiger partial charge in [-0.3, -0.25) is 0 Å². The van der Waals surface area contributed by atoms with Crippen molar-refractivity contribution in [2.24, 2.45) is 10.8 Å². The lowest BCUT2D eigenvalue weighted by Crippen LogP contribution is -2.58. The van der Waals surface area contributed by atoms with Crippen LogP contribution in [-0.2, 0) is 0 Å². The van der Waals surface area contributed by atoms with Crippen molar-refractivity contribution in [3.05, 3.63) is 0 Å². The van der Waals surface area contributed by atoms with Gasteiger partial charge in [-0.05, 0) is 10.8 Å². The van der Waals surface area contributed by atoms with E-state index in [1.165, 1.54) is 13.1 Å². The van der Waals surface area contributed by atoms with E-state index in [-0.39, 0.29) is 0 Å². The van der Waals surface area contributed by atoms with Crippen molar-refractivity contribution in [3.63, 3.8) is 0 Å². The Kier molecular flexibility index (Phi) is 3.13. The lowest BCUT2D eigenvalue weighted by molar-refractivity contribution is 0.0444. The summed E-state index contributed by atoms with van der Waals surface area (Å²) >= 11 is 0. The van der Waals surface area contributed by atoms with Gasteiger partial charge in [0.15, 0.2) is 0 Å². The maximum Gasteiger partial charge on any atom is 0.00226 e. The molecule has 0 radical (unpaired) electrons. The highest BCUT2D eigenvalue weighted by Gasteiger charge is 2.42. The van der Waals surface area contributed by atoms with Crippen LogP contribution in [0.4, 0.5) is 0 Å². The molecule has 0 aromatic carbocycles. The molecule has 0 saturated carbocycles. The van der Waals surface area contributed by atoms with Crippen molar-refractivity contribution in [1.82, 2.24) is 5.32 Å². The van der Waals surface area contributed by atoms with Crippen molar-refractivity contribution in [1.29, 1.82) is 0 Å². The molecule has 11 heavy (non-hydrogen) atoms. The van der Waals surface area contributed by atoms with Gasteiger partial charge in [-0.25, -0.2) is 0 Å². The summed E-state index contributed by atoms with van der Waals surface area (Å²) in [6.07, 6.45) is 8.00. The molecule has 1 fully saturated rings. The molecule has 0 aromatic rings. The topological polar surface area (TPSA) is 12.0 Å². The Morgan fingerprint density at radius 1 is 1.18 bits per heavy atom. The quantitative estimate of drug-likeness (QED) is 0.524. The van der Waals surface area contributed by atoms with Crippen LogP contribution < -0.4 is 5.32 Å². The number of hydrogen-bond acceptors (Lipinski definition) is 1. The SMILES string of the molecule is C#C.CC(C)(C)C1(C)CNC1. The summed E-state index contributed by atoms with van der Waals surface area (Å²) in [7, 11) is 0. The summed E-state index contributed by atoms with van der Waals surface area (Å²) in [5, 5.41) is 3.31. The van der Waals surface area contributed by atoms with Gasteiger partial charge in [-0.1, -0.05) is 27.7 Å². The van der Waals surface area contributed by atoms with Gasteiger partial charge in [0.2, 0.25) is 0 Å². The molecule has 1 aliphatic heterocycles. The molecule has 1 N–H and O–H groups in total. The van der Waals surface area contributed by atoms with Gasteiger partial charge in [0.05, 0.1) is 0 Å². The lowest BCUT2D eigenvalue weighted by atomic mass is 9.64. The second kappa shape index (κ2) is 3.28. The van der Waals surface area contributed by atoms with Crippen LogP contribution in [0.25, 0.3) is 0 Å². The summed E-state index contributed by atoms with van der Waals surface area (Å²) in [5.41, 5.74) is 1.02. The third-order valence-corrected chi connectivity index (χ3v) is 2.84. The van der Waals surface area contributed by atoms with E-state index in [4.69, 9.17) is 0 Å². The molecule has 1 heterocycles. The minimum atomic E-state index is 0.470. The number of nitrogens with one attached hydrogen (secondary N) is 1. The van der Waals surface area contributed by atoms with Gasteiger partial charge >= 0.3 is 0 Å². The fourth-order valence-electron chi connectivity index (χ4n) is 1.03. The predicted molar refractivity (Wildman–Crippen MR) is 50.3 cm³/mol. The number of rotatable bonds is 0. The zero-order valence-corrected chi connectivity index (χ0v) is 8.07. The van der Waals surface area contributed by atoms with Crippen LogP contribution in [0.2, 0.25) is 0 Å². The van der Waals surface area contributed by atoms with Crippen LogP contribution in [-0.4, -0.2) is 13.1 Å². The summed E-state index contributed by atoms with van der Waals surface area (Å²) in [6, 6.07) is 0. The zero-order valence-electron chi connectivity index (χ0n) is 8.07. The van der Waals surface area contributed by atoms with Gasteiger partial charge in [-0.2, -0.15) is 0 Å². The molecule has 0 unspecified atom stereocenters. The molecule has 1 saturated heterocycles. The van der Waals surface area contributed by atoms with Crippen LogP contribution in [0.5, 0.6) is 0 Å². The van der Waals surface area contributed by atoms with Crippen LogP contribution in [0, 0.1) is 23.7 Å². The molecule has 1 rings (SSSR count). The Morgan fingerprint density at radius 3 is 1.55 bits per heavy atom. The van der Waals surface area contributed by atoms with E-state index in [9.17, 15) is 0 Å². The molecule has 0 atom stereocenters. The minimum Gasteiger partial charge on any atom is -0.316 e. The first-order chi connectivity index (χ1) is 4.96. The van der Waals surface area contributed by atoms with Crippen LogP contribution in [0.1, 0.15) is 27.7 Å². The van der Waals surface area contributed by atoms with Crippen LogP contribution in [0.15, 0.2) is 0 Å². The highest BCUT2D eigenvalue weighted by Crippen LogP contribution is 2.40. The van der Waals surface area contributed by atoms with Gasteiger partial charge in [-0.15, -0.1) is 12.8 Å². The van der Waals surface area contributed by atoms with Crippen LogP contribution >= 0.6 is 0 Å². The van der Waals surface area contributed by atoms with E-state index in [2.05, 4.69) is 45.9 Å². The Labute approximate surface area is 70.6 Å². The van der Waals surface area contributed by atoms with Gasteiger partial charge in [0.25, 0.3) is 0 Å². The fraction of sp³-hybridized carbons (Fsp3) is 0.800. The van der Waals surface area contributed by atoms with Crippen molar-refractivity contribution in [3.8, 4) is 12.8 Å². The molecule has 0 spiro atoms. The Morgan fingerprint density at radius 2 is 1.55 bits per heavy atom. The first-order valence-corrected chi connectivity index (χ1v) is 4.00. The Hall–Kier alpha value is -0.480. The van der Waals surface area contributed by atoms with Crippen molar-refractivity contribution >= 4 is 0 Å². The third kappa shape index (κ3) is 1.97. The van der Waals surface area contributed by atoms with Crippen molar-refractivity contribution < 1.29 is 0 Å². The van der Waals surface area contributed by atoms with E-state index < -0.39 is 0 Å². The summed E-state index contributed by atoms with van der Waals surface area (Å²) in [5.74, 6) is 0. The molecular weight excluding hydrogens is 134 g/mol. The molecule has 64 valence electrons. The van der Waals surface area contributed by atoms with Gasteiger partial charge in [0.1, 0.15) is 0 Å². The molecule has 1 heteroatoms. The largest absolute Gasteiger partial charge is 0.316 e. The Bertz CT molecular complexity index is 135. The van der Waals surface area contributed by atoms with Crippen molar-refractivity contribution in [2.45, 2.75) is 27.7 Å². The summed E-state index contributed by atoms with van der Waals surface area (Å²) in [6.45, 7) is 11.7. The second-order valence-corrected chi connectivity index (χ2v) is 4.41. The maximum atomic E-state index is 4.00. The molecule has 1 nitrogen and oxygen atoms in total. The van der Waals surface area contributed by atoms with Gasteiger partial charge < -0.3 is 5.32 Å². The third-order valence-electron chi connectivity index (χ3n) is 2.84.